The van der Waals surface area contributed by atoms with E-state index < -0.39 is 17.4 Å². The molecule has 1 atom stereocenters. The van der Waals surface area contributed by atoms with Crippen LogP contribution in [0.15, 0.2) is 0 Å². The van der Waals surface area contributed by atoms with Crippen LogP contribution in [0.3, 0.4) is 0 Å². The summed E-state index contributed by atoms with van der Waals surface area (Å²) in [4.78, 5) is 19.6. The largest absolute Gasteiger partial charge is 0.480 e. The van der Waals surface area contributed by atoms with Crippen molar-refractivity contribution in [3.63, 3.8) is 0 Å². The van der Waals surface area contributed by atoms with Gasteiger partial charge in [-0.1, -0.05) is 13.3 Å². The zero-order valence-corrected chi connectivity index (χ0v) is 9.08. The molecular formula is C8H16ClNO4. The fourth-order valence-electron chi connectivity index (χ4n) is 0.548. The quantitative estimate of drug-likeness (QED) is 0.709. The highest BCUT2D eigenvalue weighted by molar-refractivity contribution is 6.61. The molecule has 0 saturated heterocycles. The number of halogens is 1. The van der Waals surface area contributed by atoms with Crippen molar-refractivity contribution in [1.29, 1.82) is 0 Å². The summed E-state index contributed by atoms with van der Waals surface area (Å²) in [5.41, 5.74) is 4.39. The molecule has 3 N–H and O–H groups in total. The Morgan fingerprint density at radius 2 is 2.00 bits per heavy atom. The average molecular weight is 226 g/mol. The molecular weight excluding hydrogens is 210 g/mol. The van der Waals surface area contributed by atoms with Crippen LogP contribution in [0.25, 0.3) is 0 Å². The minimum absolute atomic E-state index is 0.350. The van der Waals surface area contributed by atoms with Gasteiger partial charge in [-0.25, -0.2) is 4.79 Å². The van der Waals surface area contributed by atoms with E-state index in [1.54, 1.807) is 6.92 Å². The third-order valence-corrected chi connectivity index (χ3v) is 1.28. The number of carbonyl (C=O) groups is 2. The number of carboxylic acids is 1. The van der Waals surface area contributed by atoms with Crippen LogP contribution in [0.4, 0.5) is 4.79 Å². The number of rotatable bonds is 4. The Hall–Kier alpha value is -0.810. The Balaban J connectivity index is 0. The molecule has 0 rings (SSSR count). The molecule has 0 aliphatic rings. The molecule has 1 unspecified atom stereocenters. The Bertz CT molecular complexity index is 175. The van der Waals surface area contributed by atoms with Crippen LogP contribution in [0.5, 0.6) is 0 Å². The van der Waals surface area contributed by atoms with E-state index in [2.05, 4.69) is 4.74 Å². The summed E-state index contributed by atoms with van der Waals surface area (Å²) in [6, 6.07) is -0.667. The standard InChI is InChI=1S/C5H11NO2.C3H5ClO2/c1-2-3-4(6)5(7)8;1-2-6-3(4)5/h4H,2-3,6H2,1H3,(H,7,8);2H2,1H3. The Morgan fingerprint density at radius 1 is 1.50 bits per heavy atom. The smallest absolute Gasteiger partial charge is 0.403 e. The molecule has 0 aromatic carbocycles. The summed E-state index contributed by atoms with van der Waals surface area (Å²) in [5.74, 6) is -0.910. The second-order valence-corrected chi connectivity index (χ2v) is 2.71. The van der Waals surface area contributed by atoms with Crippen LogP contribution in [0.1, 0.15) is 26.7 Å². The lowest BCUT2D eigenvalue weighted by molar-refractivity contribution is -0.138. The van der Waals surface area contributed by atoms with E-state index in [0.29, 0.717) is 13.0 Å². The number of carbonyl (C=O) groups excluding carboxylic acids is 1. The first kappa shape index (κ1) is 15.7. The summed E-state index contributed by atoms with van der Waals surface area (Å²) >= 11 is 4.72. The number of hydrogen-bond acceptors (Lipinski definition) is 4. The van der Waals surface area contributed by atoms with Gasteiger partial charge in [0, 0.05) is 11.6 Å². The number of carboxylic acid groups (broad SMARTS) is 1. The highest BCUT2D eigenvalue weighted by atomic mass is 35.5. The van der Waals surface area contributed by atoms with Crippen molar-refractivity contribution < 1.29 is 19.4 Å². The minimum Gasteiger partial charge on any atom is -0.480 e. The maximum absolute atomic E-state index is 9.96. The molecule has 0 bridgehead atoms. The van der Waals surface area contributed by atoms with Crippen molar-refractivity contribution in [2.45, 2.75) is 32.7 Å². The second kappa shape index (κ2) is 10.3. The predicted molar refractivity (Wildman–Crippen MR) is 53.4 cm³/mol. The zero-order chi connectivity index (χ0) is 11.6. The van der Waals surface area contributed by atoms with Crippen molar-refractivity contribution in [1.82, 2.24) is 0 Å². The van der Waals surface area contributed by atoms with Crippen LogP contribution < -0.4 is 5.73 Å². The van der Waals surface area contributed by atoms with Gasteiger partial charge in [0.25, 0.3) is 0 Å². The van der Waals surface area contributed by atoms with Crippen molar-refractivity contribution in [2.24, 2.45) is 5.73 Å². The van der Waals surface area contributed by atoms with Crippen LogP contribution >= 0.6 is 11.6 Å². The first-order valence-corrected chi connectivity index (χ1v) is 4.64. The zero-order valence-electron chi connectivity index (χ0n) is 8.33. The molecule has 0 radical (unpaired) electrons. The number of nitrogens with two attached hydrogens (primary N) is 1. The van der Waals surface area contributed by atoms with Gasteiger partial charge in [-0.2, -0.15) is 0 Å². The number of ether oxygens (including phenoxy) is 1. The SMILES string of the molecule is CCCC(N)C(=O)O.CCOC(=O)Cl. The Morgan fingerprint density at radius 3 is 2.07 bits per heavy atom. The molecule has 0 aliphatic carbocycles. The summed E-state index contributed by atoms with van der Waals surface area (Å²) < 4.78 is 4.17. The van der Waals surface area contributed by atoms with Gasteiger partial charge in [0.2, 0.25) is 0 Å². The third-order valence-electron chi connectivity index (χ3n) is 1.17. The minimum atomic E-state index is -0.910. The fourth-order valence-corrected chi connectivity index (χ4v) is 0.657. The van der Waals surface area contributed by atoms with Gasteiger partial charge in [-0.05, 0) is 13.3 Å². The Labute approximate surface area is 88.2 Å². The van der Waals surface area contributed by atoms with Gasteiger partial charge >= 0.3 is 11.4 Å². The van der Waals surface area contributed by atoms with E-state index >= 15 is 0 Å². The lowest BCUT2D eigenvalue weighted by Gasteiger charge is -2.00. The summed E-state index contributed by atoms with van der Waals surface area (Å²) in [6.07, 6.45) is 1.39. The molecule has 5 nitrogen and oxygen atoms in total. The highest BCUT2D eigenvalue weighted by Gasteiger charge is 2.07. The molecule has 84 valence electrons. The first-order chi connectivity index (χ1) is 6.45. The topological polar surface area (TPSA) is 89.6 Å². The van der Waals surface area contributed by atoms with Crippen molar-refractivity contribution in [3.05, 3.63) is 0 Å². The van der Waals surface area contributed by atoms with Gasteiger partial charge < -0.3 is 15.6 Å². The van der Waals surface area contributed by atoms with Crippen LogP contribution in [0.2, 0.25) is 0 Å². The van der Waals surface area contributed by atoms with Gasteiger partial charge in [-0.15, -0.1) is 0 Å². The third kappa shape index (κ3) is 13.8. The molecule has 0 aliphatic heterocycles. The second-order valence-electron chi connectivity index (χ2n) is 2.40. The number of aliphatic carboxylic acids is 1. The van der Waals surface area contributed by atoms with Crippen molar-refractivity contribution in [3.8, 4) is 0 Å². The van der Waals surface area contributed by atoms with Gasteiger partial charge in [0.15, 0.2) is 0 Å². The molecule has 0 heterocycles. The molecule has 0 aromatic rings. The van der Waals surface area contributed by atoms with Crippen molar-refractivity contribution in [2.75, 3.05) is 6.61 Å². The Kier molecular flexibility index (Phi) is 11.5. The van der Waals surface area contributed by atoms with Gasteiger partial charge in [0.05, 0.1) is 6.61 Å². The molecule has 0 fully saturated rings. The van der Waals surface area contributed by atoms with Crippen LogP contribution in [0, 0.1) is 0 Å². The van der Waals surface area contributed by atoms with Crippen LogP contribution in [-0.4, -0.2) is 29.2 Å². The normalized spacial score (nSPS) is 10.9. The number of hydrogen-bond donors (Lipinski definition) is 2. The lowest BCUT2D eigenvalue weighted by Crippen LogP contribution is -2.29. The molecule has 0 saturated carbocycles. The van der Waals surface area contributed by atoms with Gasteiger partial charge in [0.1, 0.15) is 6.04 Å². The van der Waals surface area contributed by atoms with Crippen LogP contribution in [-0.2, 0) is 9.53 Å². The first-order valence-electron chi connectivity index (χ1n) is 4.26. The average Bonchev–Trinajstić information content (AvgIpc) is 2.05. The molecule has 0 amide bonds. The van der Waals surface area contributed by atoms with E-state index in [1.165, 1.54) is 0 Å². The molecule has 14 heavy (non-hydrogen) atoms. The predicted octanol–water partition coefficient (Wildman–Crippen LogP) is 1.58. The summed E-state index contributed by atoms with van der Waals surface area (Å²) in [5, 5.41) is 8.19. The lowest BCUT2D eigenvalue weighted by atomic mass is 10.2. The van der Waals surface area contributed by atoms with Gasteiger partial charge in [-0.3, -0.25) is 4.79 Å². The summed E-state index contributed by atoms with van der Waals surface area (Å²) in [7, 11) is 0. The maximum atomic E-state index is 9.96. The fraction of sp³-hybridized carbons (Fsp3) is 0.750. The highest BCUT2D eigenvalue weighted by Crippen LogP contribution is 1.91. The van der Waals surface area contributed by atoms with E-state index in [1.807, 2.05) is 6.92 Å². The molecule has 0 aromatic heterocycles. The molecule has 6 heteroatoms. The van der Waals surface area contributed by atoms with Crippen molar-refractivity contribution >= 4 is 23.0 Å². The summed E-state index contributed by atoms with van der Waals surface area (Å²) in [6.45, 7) is 3.95. The van der Waals surface area contributed by atoms with E-state index in [4.69, 9.17) is 22.4 Å². The monoisotopic (exact) mass is 225 g/mol. The van der Waals surface area contributed by atoms with E-state index in [-0.39, 0.29) is 0 Å². The van der Waals surface area contributed by atoms with E-state index in [9.17, 15) is 9.59 Å². The maximum Gasteiger partial charge on any atom is 0.403 e. The van der Waals surface area contributed by atoms with E-state index in [0.717, 1.165) is 6.42 Å². The molecule has 0 spiro atoms.